The molecule has 1 unspecified atom stereocenters. The van der Waals surface area contributed by atoms with Crippen molar-refractivity contribution in [2.24, 2.45) is 0 Å². The standard InChI is InChI=1S/C27H25FN8O/c28-19-5-1-4-18(16-19)23-8-3-14-35(23)26-10-9-25-31-17-24(36(25)34-26)22-7-2-6-20(32-22)21-11-12-29-27(33-21)30-13-15-37/h1-2,4-7,9-12,16-17,23,37H,3,8,13-15H2,(H,29,30,33). The van der Waals surface area contributed by atoms with Gasteiger partial charge in [-0.15, -0.1) is 5.10 Å². The molecule has 0 radical (unpaired) electrons. The molecular formula is C27H25FN8O. The summed E-state index contributed by atoms with van der Waals surface area (Å²) in [6, 6.07) is 18.3. The maximum Gasteiger partial charge on any atom is 0.223 e. The predicted octanol–water partition coefficient (Wildman–Crippen LogP) is 4.13. The number of rotatable bonds is 7. The predicted molar refractivity (Wildman–Crippen MR) is 139 cm³/mol. The first-order valence-corrected chi connectivity index (χ1v) is 12.2. The maximum atomic E-state index is 13.9. The van der Waals surface area contributed by atoms with E-state index in [1.54, 1.807) is 35.1 Å². The number of hydrogen-bond donors (Lipinski definition) is 2. The molecule has 1 aliphatic heterocycles. The second kappa shape index (κ2) is 9.90. The van der Waals surface area contributed by atoms with Crippen LogP contribution in [-0.2, 0) is 0 Å². The third-order valence-corrected chi connectivity index (χ3v) is 6.45. The summed E-state index contributed by atoms with van der Waals surface area (Å²) in [4.78, 5) is 20.3. The number of pyridine rings is 1. The van der Waals surface area contributed by atoms with Gasteiger partial charge in [-0.1, -0.05) is 18.2 Å². The number of aliphatic hydroxyl groups is 1. The van der Waals surface area contributed by atoms with E-state index in [4.69, 9.17) is 15.2 Å². The average molecular weight is 497 g/mol. The molecule has 186 valence electrons. The van der Waals surface area contributed by atoms with Crippen LogP contribution < -0.4 is 10.2 Å². The molecule has 2 N–H and O–H groups in total. The second-order valence-corrected chi connectivity index (χ2v) is 8.84. The number of aliphatic hydroxyl groups excluding tert-OH is 1. The van der Waals surface area contributed by atoms with Crippen LogP contribution in [0.2, 0.25) is 0 Å². The van der Waals surface area contributed by atoms with E-state index in [1.165, 1.54) is 6.07 Å². The summed E-state index contributed by atoms with van der Waals surface area (Å²) in [6.45, 7) is 1.20. The lowest BCUT2D eigenvalue weighted by molar-refractivity contribution is 0.311. The summed E-state index contributed by atoms with van der Waals surface area (Å²) in [7, 11) is 0. The summed E-state index contributed by atoms with van der Waals surface area (Å²) in [5.41, 5.74) is 4.48. The molecule has 9 nitrogen and oxygen atoms in total. The van der Waals surface area contributed by atoms with Crippen LogP contribution in [0.3, 0.4) is 0 Å². The minimum absolute atomic E-state index is 0.00892. The lowest BCUT2D eigenvalue weighted by Gasteiger charge is -2.26. The van der Waals surface area contributed by atoms with E-state index in [0.717, 1.165) is 36.5 Å². The van der Waals surface area contributed by atoms with Gasteiger partial charge in [0.25, 0.3) is 0 Å². The Morgan fingerprint density at radius 1 is 0.973 bits per heavy atom. The molecule has 37 heavy (non-hydrogen) atoms. The number of benzene rings is 1. The molecule has 1 atom stereocenters. The Morgan fingerprint density at radius 2 is 1.84 bits per heavy atom. The molecule has 10 heteroatoms. The van der Waals surface area contributed by atoms with Gasteiger partial charge in [-0.05, 0) is 60.9 Å². The normalized spacial score (nSPS) is 15.4. The third-order valence-electron chi connectivity index (χ3n) is 6.45. The SMILES string of the molecule is OCCNc1nccc(-c2cccc(-c3cnc4ccc(N5CCCC5c5cccc(F)c5)nn34)n2)n1. The Balaban J connectivity index is 1.34. The van der Waals surface area contributed by atoms with E-state index in [-0.39, 0.29) is 18.5 Å². The highest BCUT2D eigenvalue weighted by atomic mass is 19.1. The van der Waals surface area contributed by atoms with Crippen molar-refractivity contribution in [1.82, 2.24) is 29.5 Å². The first-order valence-electron chi connectivity index (χ1n) is 12.2. The second-order valence-electron chi connectivity index (χ2n) is 8.84. The number of hydrogen-bond acceptors (Lipinski definition) is 8. The number of nitrogens with zero attached hydrogens (tertiary/aromatic N) is 7. The van der Waals surface area contributed by atoms with Crippen LogP contribution in [0, 0.1) is 5.82 Å². The molecule has 0 aliphatic carbocycles. The number of halogens is 1. The van der Waals surface area contributed by atoms with Crippen molar-refractivity contribution in [3.05, 3.63) is 84.4 Å². The first-order chi connectivity index (χ1) is 18.2. The molecule has 4 aromatic heterocycles. The summed E-state index contributed by atoms with van der Waals surface area (Å²) < 4.78 is 15.7. The summed E-state index contributed by atoms with van der Waals surface area (Å²) in [6.07, 6.45) is 5.37. The van der Waals surface area contributed by atoms with Gasteiger partial charge >= 0.3 is 0 Å². The van der Waals surface area contributed by atoms with E-state index >= 15 is 0 Å². The molecule has 1 aromatic carbocycles. The Morgan fingerprint density at radius 3 is 2.73 bits per heavy atom. The zero-order valence-corrected chi connectivity index (χ0v) is 20.0. The molecule has 1 fully saturated rings. The zero-order valence-electron chi connectivity index (χ0n) is 20.0. The van der Waals surface area contributed by atoms with Crippen LogP contribution in [-0.4, -0.2) is 54.4 Å². The van der Waals surface area contributed by atoms with Crippen LogP contribution in [0.5, 0.6) is 0 Å². The van der Waals surface area contributed by atoms with Crippen LogP contribution >= 0.6 is 0 Å². The van der Waals surface area contributed by atoms with E-state index in [2.05, 4.69) is 25.2 Å². The molecule has 0 amide bonds. The molecule has 1 aliphatic rings. The van der Waals surface area contributed by atoms with Gasteiger partial charge in [0, 0.05) is 19.3 Å². The van der Waals surface area contributed by atoms with Crippen molar-refractivity contribution in [3.8, 4) is 22.8 Å². The highest BCUT2D eigenvalue weighted by molar-refractivity contribution is 5.65. The molecule has 5 heterocycles. The van der Waals surface area contributed by atoms with Crippen molar-refractivity contribution in [1.29, 1.82) is 0 Å². The molecule has 0 spiro atoms. The lowest BCUT2D eigenvalue weighted by atomic mass is 10.0. The number of nitrogens with one attached hydrogen (secondary N) is 1. The molecule has 0 bridgehead atoms. The number of imidazole rings is 1. The number of anilines is 2. The van der Waals surface area contributed by atoms with Gasteiger partial charge < -0.3 is 15.3 Å². The lowest BCUT2D eigenvalue weighted by Crippen LogP contribution is -2.24. The Kier molecular flexibility index (Phi) is 6.15. The largest absolute Gasteiger partial charge is 0.395 e. The third kappa shape index (κ3) is 4.58. The van der Waals surface area contributed by atoms with Crippen molar-refractivity contribution in [2.45, 2.75) is 18.9 Å². The highest BCUT2D eigenvalue weighted by Gasteiger charge is 2.28. The van der Waals surface area contributed by atoms with E-state index in [9.17, 15) is 4.39 Å². The smallest absolute Gasteiger partial charge is 0.223 e. The van der Waals surface area contributed by atoms with Crippen molar-refractivity contribution in [3.63, 3.8) is 0 Å². The topological polar surface area (TPSA) is 104 Å². The van der Waals surface area contributed by atoms with Crippen molar-refractivity contribution in [2.75, 3.05) is 29.9 Å². The molecule has 0 saturated carbocycles. The minimum atomic E-state index is -0.226. The fraction of sp³-hybridized carbons (Fsp3) is 0.222. The summed E-state index contributed by atoms with van der Waals surface area (Å²) in [5, 5.41) is 17.0. The van der Waals surface area contributed by atoms with Crippen LogP contribution in [0.25, 0.3) is 28.4 Å². The van der Waals surface area contributed by atoms with Crippen molar-refractivity contribution >= 4 is 17.4 Å². The molecular weight excluding hydrogens is 471 g/mol. The Hall–Kier alpha value is -4.44. The van der Waals surface area contributed by atoms with Gasteiger partial charge in [-0.25, -0.2) is 28.8 Å². The van der Waals surface area contributed by atoms with Gasteiger partial charge in [0.05, 0.1) is 35.9 Å². The fourth-order valence-corrected chi connectivity index (χ4v) is 4.77. The molecule has 6 rings (SSSR count). The fourth-order valence-electron chi connectivity index (χ4n) is 4.77. The van der Waals surface area contributed by atoms with Crippen LogP contribution in [0.1, 0.15) is 24.4 Å². The Labute approximate surface area is 212 Å². The monoisotopic (exact) mass is 496 g/mol. The van der Waals surface area contributed by atoms with Crippen molar-refractivity contribution < 1.29 is 9.50 Å². The van der Waals surface area contributed by atoms with Crippen LogP contribution in [0.4, 0.5) is 16.2 Å². The van der Waals surface area contributed by atoms with Gasteiger partial charge in [-0.3, -0.25) is 0 Å². The van der Waals surface area contributed by atoms with E-state index in [0.29, 0.717) is 35.2 Å². The quantitative estimate of drug-likeness (QED) is 0.347. The van der Waals surface area contributed by atoms with Crippen LogP contribution in [0.15, 0.2) is 73.1 Å². The van der Waals surface area contributed by atoms with E-state index < -0.39 is 0 Å². The summed E-state index contributed by atoms with van der Waals surface area (Å²) in [5.74, 6) is 1.01. The average Bonchev–Trinajstić information content (AvgIpc) is 3.59. The van der Waals surface area contributed by atoms with Gasteiger partial charge in [0.2, 0.25) is 5.95 Å². The molecule has 1 saturated heterocycles. The van der Waals surface area contributed by atoms with Gasteiger partial charge in [-0.2, -0.15) is 0 Å². The summed E-state index contributed by atoms with van der Waals surface area (Å²) >= 11 is 0. The molecule has 5 aromatic rings. The first kappa shape index (κ1) is 23.0. The number of fused-ring (bicyclic) bond motifs is 1. The highest BCUT2D eigenvalue weighted by Crippen LogP contribution is 2.35. The van der Waals surface area contributed by atoms with Gasteiger partial charge in [0.1, 0.15) is 17.3 Å². The zero-order chi connectivity index (χ0) is 25.2. The van der Waals surface area contributed by atoms with Gasteiger partial charge in [0.15, 0.2) is 5.65 Å². The maximum absolute atomic E-state index is 13.9. The Bertz CT molecular complexity index is 1550. The van der Waals surface area contributed by atoms with E-state index in [1.807, 2.05) is 36.4 Å². The minimum Gasteiger partial charge on any atom is -0.395 e. The number of aromatic nitrogens is 6.